The lowest BCUT2D eigenvalue weighted by molar-refractivity contribution is -0.494. The third kappa shape index (κ3) is 2.70. The van der Waals surface area contributed by atoms with Crippen molar-refractivity contribution in [1.29, 1.82) is 0 Å². The third-order valence-electron chi connectivity index (χ3n) is 2.04. The first-order valence-corrected chi connectivity index (χ1v) is 6.30. The van der Waals surface area contributed by atoms with Crippen LogP contribution in [0.1, 0.15) is 5.56 Å². The Morgan fingerprint density at radius 1 is 1.12 bits per heavy atom. The van der Waals surface area contributed by atoms with E-state index in [1.165, 1.54) is 5.56 Å². The molecule has 1 aromatic carbocycles. The summed E-state index contributed by atoms with van der Waals surface area (Å²) in [5.41, 5.74) is 1.20. The summed E-state index contributed by atoms with van der Waals surface area (Å²) >= 11 is 13.6. The van der Waals surface area contributed by atoms with Crippen molar-refractivity contribution >= 4 is 35.1 Å². The van der Waals surface area contributed by atoms with Crippen LogP contribution in [0.25, 0.3) is 0 Å². The van der Waals surface area contributed by atoms with E-state index in [-0.39, 0.29) is 0 Å². The standard InChI is InChI=1S/C12H10Cl2NS/c1-9-4-3-7-15(8-9)16-11-6-2-5-10(13)12(11)14/h2-8H,1H3/q+1. The zero-order valence-corrected chi connectivity index (χ0v) is 11.0. The average molecular weight is 271 g/mol. The molecule has 1 heterocycles. The largest absolute Gasteiger partial charge is 0.204 e. The Morgan fingerprint density at radius 2 is 1.94 bits per heavy atom. The molecule has 0 amide bonds. The summed E-state index contributed by atoms with van der Waals surface area (Å²) in [5.74, 6) is 0. The van der Waals surface area contributed by atoms with Gasteiger partial charge in [-0.1, -0.05) is 29.3 Å². The van der Waals surface area contributed by atoms with Crippen LogP contribution in [-0.4, -0.2) is 0 Å². The number of benzene rings is 1. The molecule has 82 valence electrons. The molecule has 2 aromatic rings. The van der Waals surface area contributed by atoms with E-state index < -0.39 is 0 Å². The molecule has 0 radical (unpaired) electrons. The SMILES string of the molecule is Cc1ccc[n+](Sc2cccc(Cl)c2Cl)c1. The summed E-state index contributed by atoms with van der Waals surface area (Å²) in [6, 6.07) is 9.69. The summed E-state index contributed by atoms with van der Waals surface area (Å²) in [6.45, 7) is 2.05. The Balaban J connectivity index is 2.31. The highest BCUT2D eigenvalue weighted by Gasteiger charge is 2.11. The van der Waals surface area contributed by atoms with Crippen molar-refractivity contribution in [2.75, 3.05) is 0 Å². The number of nitrogens with zero attached hydrogens (tertiary/aromatic N) is 1. The summed E-state index contributed by atoms with van der Waals surface area (Å²) in [7, 11) is 0. The molecule has 2 rings (SSSR count). The monoisotopic (exact) mass is 270 g/mol. The van der Waals surface area contributed by atoms with Crippen molar-refractivity contribution in [2.45, 2.75) is 11.8 Å². The van der Waals surface area contributed by atoms with Crippen LogP contribution >= 0.6 is 35.1 Å². The van der Waals surface area contributed by atoms with E-state index in [1.54, 1.807) is 18.0 Å². The molecule has 1 aromatic heterocycles. The average Bonchev–Trinajstić information content (AvgIpc) is 2.25. The topological polar surface area (TPSA) is 3.88 Å². The molecule has 0 saturated carbocycles. The van der Waals surface area contributed by atoms with Crippen LogP contribution in [0.5, 0.6) is 0 Å². The van der Waals surface area contributed by atoms with E-state index in [9.17, 15) is 0 Å². The number of hydrogen-bond acceptors (Lipinski definition) is 1. The van der Waals surface area contributed by atoms with Gasteiger partial charge in [0.2, 0.25) is 11.9 Å². The minimum absolute atomic E-state index is 0.583. The Morgan fingerprint density at radius 3 is 2.69 bits per heavy atom. The highest BCUT2D eigenvalue weighted by Crippen LogP contribution is 2.31. The highest BCUT2D eigenvalue weighted by molar-refractivity contribution is 7.93. The maximum atomic E-state index is 6.12. The van der Waals surface area contributed by atoms with Crippen LogP contribution < -0.4 is 3.97 Å². The number of aromatic nitrogens is 1. The third-order valence-corrected chi connectivity index (χ3v) is 3.95. The minimum atomic E-state index is 0.583. The zero-order valence-electron chi connectivity index (χ0n) is 8.65. The Bertz CT molecular complexity index is 514. The van der Waals surface area contributed by atoms with Gasteiger partial charge in [-0.2, -0.15) is 0 Å². The number of rotatable bonds is 2. The second-order valence-electron chi connectivity index (χ2n) is 3.38. The first kappa shape index (κ1) is 11.8. The summed E-state index contributed by atoms with van der Waals surface area (Å²) in [5, 5.41) is 1.18. The normalized spacial score (nSPS) is 10.4. The lowest BCUT2D eigenvalue weighted by Gasteiger charge is -2.00. The molecule has 0 spiro atoms. The fourth-order valence-electron chi connectivity index (χ4n) is 1.29. The second kappa shape index (κ2) is 5.09. The van der Waals surface area contributed by atoms with Crippen molar-refractivity contribution < 1.29 is 3.97 Å². The number of hydrogen-bond donors (Lipinski definition) is 0. The summed E-state index contributed by atoms with van der Waals surface area (Å²) < 4.78 is 2.01. The molecule has 0 bridgehead atoms. The van der Waals surface area contributed by atoms with Crippen molar-refractivity contribution in [3.63, 3.8) is 0 Å². The predicted molar refractivity (Wildman–Crippen MR) is 69.1 cm³/mol. The molecule has 0 N–H and O–H groups in total. The molecule has 0 aliphatic heterocycles. The van der Waals surface area contributed by atoms with Crippen LogP contribution in [0.3, 0.4) is 0 Å². The Kier molecular flexibility index (Phi) is 3.74. The first-order valence-electron chi connectivity index (χ1n) is 4.77. The number of aryl methyl sites for hydroxylation is 1. The quantitative estimate of drug-likeness (QED) is 0.742. The predicted octanol–water partition coefficient (Wildman–Crippen LogP) is 4.14. The molecule has 1 nitrogen and oxygen atoms in total. The lowest BCUT2D eigenvalue weighted by Crippen LogP contribution is -2.23. The molecular formula is C12H10Cl2NS+. The number of pyridine rings is 1. The van der Waals surface area contributed by atoms with Gasteiger partial charge in [-0.3, -0.25) is 0 Å². The lowest BCUT2D eigenvalue weighted by atomic mass is 10.3. The van der Waals surface area contributed by atoms with Crippen molar-refractivity contribution in [1.82, 2.24) is 0 Å². The molecule has 0 atom stereocenters. The van der Waals surface area contributed by atoms with Crippen LogP contribution in [0.4, 0.5) is 0 Å². The van der Waals surface area contributed by atoms with Crippen molar-refractivity contribution in [3.8, 4) is 0 Å². The van der Waals surface area contributed by atoms with Crippen LogP contribution in [-0.2, 0) is 0 Å². The van der Waals surface area contributed by atoms with Gasteiger partial charge in [0.15, 0.2) is 12.4 Å². The fraction of sp³-hybridized carbons (Fsp3) is 0.0833. The van der Waals surface area contributed by atoms with E-state index in [2.05, 4.69) is 13.0 Å². The Hall–Kier alpha value is -0.700. The molecule has 0 saturated heterocycles. The molecule has 4 heteroatoms. The van der Waals surface area contributed by atoms with Gasteiger partial charge in [0, 0.05) is 11.6 Å². The van der Waals surface area contributed by atoms with Gasteiger partial charge >= 0.3 is 0 Å². The van der Waals surface area contributed by atoms with Crippen LogP contribution in [0, 0.1) is 6.92 Å². The molecule has 0 fully saturated rings. The van der Waals surface area contributed by atoms with Gasteiger partial charge in [0.25, 0.3) is 0 Å². The minimum Gasteiger partial charge on any atom is -0.129 e. The first-order chi connectivity index (χ1) is 7.66. The van der Waals surface area contributed by atoms with Crippen molar-refractivity contribution in [2.24, 2.45) is 0 Å². The van der Waals surface area contributed by atoms with E-state index >= 15 is 0 Å². The summed E-state index contributed by atoms with van der Waals surface area (Å²) in [4.78, 5) is 0.949. The highest BCUT2D eigenvalue weighted by atomic mass is 35.5. The van der Waals surface area contributed by atoms with Crippen LogP contribution in [0.2, 0.25) is 10.0 Å². The van der Waals surface area contributed by atoms with Gasteiger partial charge in [-0.15, -0.1) is 3.97 Å². The molecule has 0 unspecified atom stereocenters. The zero-order chi connectivity index (χ0) is 11.5. The van der Waals surface area contributed by atoms with Gasteiger partial charge in [-0.25, -0.2) is 0 Å². The van der Waals surface area contributed by atoms with Gasteiger partial charge in [-0.05, 0) is 25.1 Å². The van der Waals surface area contributed by atoms with Gasteiger partial charge in [0.1, 0.15) is 0 Å². The van der Waals surface area contributed by atoms with E-state index in [4.69, 9.17) is 23.2 Å². The molecule has 0 aliphatic rings. The smallest absolute Gasteiger partial charge is 0.129 e. The molecule has 16 heavy (non-hydrogen) atoms. The van der Waals surface area contributed by atoms with E-state index in [0.29, 0.717) is 10.0 Å². The van der Waals surface area contributed by atoms with E-state index in [1.807, 2.05) is 34.6 Å². The summed E-state index contributed by atoms with van der Waals surface area (Å²) in [6.07, 6.45) is 4.02. The Labute approximate surface area is 109 Å². The maximum absolute atomic E-state index is 6.12. The fourth-order valence-corrected chi connectivity index (χ4v) is 2.66. The van der Waals surface area contributed by atoms with Gasteiger partial charge in [0.05, 0.1) is 14.9 Å². The number of halogens is 2. The van der Waals surface area contributed by atoms with Gasteiger partial charge < -0.3 is 0 Å². The molecule has 0 aliphatic carbocycles. The van der Waals surface area contributed by atoms with Crippen molar-refractivity contribution in [3.05, 3.63) is 58.3 Å². The molecular weight excluding hydrogens is 261 g/mol. The maximum Gasteiger partial charge on any atom is 0.204 e. The van der Waals surface area contributed by atoms with Crippen LogP contribution in [0.15, 0.2) is 47.6 Å². The van der Waals surface area contributed by atoms with E-state index in [0.717, 1.165) is 4.90 Å². The second-order valence-corrected chi connectivity index (χ2v) is 5.21.